The zero-order valence-electron chi connectivity index (χ0n) is 12.3. The van der Waals surface area contributed by atoms with Crippen LogP contribution in [0.1, 0.15) is 5.56 Å². The number of hydrogen-bond donors (Lipinski definition) is 3. The van der Waals surface area contributed by atoms with Crippen molar-refractivity contribution in [1.82, 2.24) is 10.9 Å². The molecule has 124 valence electrons. The molecule has 0 saturated carbocycles. The Balaban J connectivity index is 1.81. The van der Waals surface area contributed by atoms with Gasteiger partial charge in [-0.25, -0.2) is 0 Å². The molecule has 0 saturated heterocycles. The van der Waals surface area contributed by atoms with Crippen LogP contribution in [-0.4, -0.2) is 15.9 Å². The molecule has 7 nitrogen and oxygen atoms in total. The van der Waals surface area contributed by atoms with Gasteiger partial charge in [-0.2, -0.15) is 0 Å². The van der Waals surface area contributed by atoms with Crippen LogP contribution in [-0.2, 0) is 11.2 Å². The molecule has 0 bridgehead atoms. The first-order valence-corrected chi connectivity index (χ1v) is 7.58. The molecule has 0 unspecified atom stereocenters. The summed E-state index contributed by atoms with van der Waals surface area (Å²) in [4.78, 5) is 21.9. The molecule has 2 rings (SSSR count). The lowest BCUT2D eigenvalue weighted by Crippen LogP contribution is -2.44. The number of non-ortho nitro benzene ring substituents is 1. The Labute approximate surface area is 148 Å². The highest BCUT2D eigenvalue weighted by molar-refractivity contribution is 7.80. The van der Waals surface area contributed by atoms with Crippen molar-refractivity contribution in [2.75, 3.05) is 5.32 Å². The zero-order chi connectivity index (χ0) is 17.5. The van der Waals surface area contributed by atoms with E-state index in [1.165, 1.54) is 24.3 Å². The zero-order valence-corrected chi connectivity index (χ0v) is 13.9. The van der Waals surface area contributed by atoms with E-state index in [0.717, 1.165) is 0 Å². The summed E-state index contributed by atoms with van der Waals surface area (Å²) >= 11 is 11.0. The number of nitro benzene ring substituents is 1. The van der Waals surface area contributed by atoms with Crippen molar-refractivity contribution in [3.63, 3.8) is 0 Å². The fourth-order valence-electron chi connectivity index (χ4n) is 1.81. The fraction of sp³-hybridized carbons (Fsp3) is 0.0667. The second-order valence-electron chi connectivity index (χ2n) is 4.70. The number of carbonyl (C=O) groups is 1. The van der Waals surface area contributed by atoms with Crippen LogP contribution in [0.3, 0.4) is 0 Å². The van der Waals surface area contributed by atoms with Gasteiger partial charge in [-0.05, 0) is 36.0 Å². The molecule has 0 aromatic heterocycles. The average Bonchev–Trinajstić information content (AvgIpc) is 2.55. The average molecular weight is 365 g/mol. The number of thiocarbonyl (C=S) groups is 1. The molecule has 9 heteroatoms. The highest BCUT2D eigenvalue weighted by atomic mass is 35.5. The molecule has 24 heavy (non-hydrogen) atoms. The number of anilines is 1. The number of hydrazine groups is 1. The van der Waals surface area contributed by atoms with E-state index in [-0.39, 0.29) is 23.1 Å². The van der Waals surface area contributed by atoms with E-state index in [9.17, 15) is 14.9 Å². The quantitative estimate of drug-likeness (QED) is 0.438. The van der Waals surface area contributed by atoms with Crippen LogP contribution in [0.15, 0.2) is 48.5 Å². The molecule has 3 N–H and O–H groups in total. The summed E-state index contributed by atoms with van der Waals surface area (Å²) in [5.74, 6) is -0.309. The second-order valence-corrected chi connectivity index (χ2v) is 5.51. The third kappa shape index (κ3) is 5.18. The van der Waals surface area contributed by atoms with Crippen LogP contribution < -0.4 is 16.2 Å². The molecule has 0 heterocycles. The topological polar surface area (TPSA) is 96.3 Å². The Morgan fingerprint density at radius 2 is 1.79 bits per heavy atom. The summed E-state index contributed by atoms with van der Waals surface area (Å²) in [5.41, 5.74) is 6.24. The van der Waals surface area contributed by atoms with Crippen LogP contribution in [0.5, 0.6) is 0 Å². The van der Waals surface area contributed by atoms with E-state index < -0.39 is 4.92 Å². The monoisotopic (exact) mass is 364 g/mol. The van der Waals surface area contributed by atoms with Crippen LogP contribution >= 0.6 is 23.8 Å². The van der Waals surface area contributed by atoms with Gasteiger partial charge in [0.05, 0.1) is 11.3 Å². The third-order valence-corrected chi connectivity index (χ3v) is 3.53. The van der Waals surface area contributed by atoms with Gasteiger partial charge in [0.15, 0.2) is 5.11 Å². The Morgan fingerprint density at radius 3 is 2.42 bits per heavy atom. The van der Waals surface area contributed by atoms with Crippen LogP contribution in [0, 0.1) is 10.1 Å². The van der Waals surface area contributed by atoms with Crippen molar-refractivity contribution in [2.45, 2.75) is 6.42 Å². The van der Waals surface area contributed by atoms with Gasteiger partial charge in [-0.1, -0.05) is 29.8 Å². The molecule has 0 spiro atoms. The molecule has 1 amide bonds. The smallest absolute Gasteiger partial charge is 0.269 e. The predicted molar refractivity (Wildman–Crippen MR) is 95.8 cm³/mol. The van der Waals surface area contributed by atoms with Crippen molar-refractivity contribution in [3.8, 4) is 0 Å². The molecule has 0 aliphatic rings. The van der Waals surface area contributed by atoms with Gasteiger partial charge >= 0.3 is 0 Å². The van der Waals surface area contributed by atoms with Gasteiger partial charge in [0.2, 0.25) is 5.91 Å². The normalized spacial score (nSPS) is 9.88. The summed E-state index contributed by atoms with van der Waals surface area (Å²) in [5, 5.41) is 14.0. The van der Waals surface area contributed by atoms with Crippen LogP contribution in [0.2, 0.25) is 5.02 Å². The minimum absolute atomic E-state index is 0.0209. The number of nitro groups is 1. The third-order valence-electron chi connectivity index (χ3n) is 2.96. The van der Waals surface area contributed by atoms with E-state index in [4.69, 9.17) is 23.8 Å². The molecule has 0 fully saturated rings. The summed E-state index contributed by atoms with van der Waals surface area (Å²) in [6.45, 7) is 0. The highest BCUT2D eigenvalue weighted by Crippen LogP contribution is 2.16. The number of hydrogen-bond acceptors (Lipinski definition) is 4. The maximum Gasteiger partial charge on any atom is 0.269 e. The summed E-state index contributed by atoms with van der Waals surface area (Å²) in [7, 11) is 0. The van der Waals surface area contributed by atoms with Crippen molar-refractivity contribution >= 4 is 46.2 Å². The van der Waals surface area contributed by atoms with Gasteiger partial charge in [-0.3, -0.25) is 25.8 Å². The summed E-state index contributed by atoms with van der Waals surface area (Å²) in [6.07, 6.45) is 0.104. The Bertz CT molecular complexity index is 768. The predicted octanol–water partition coefficient (Wildman–Crippen LogP) is 2.81. The number of nitrogens with zero attached hydrogens (tertiary/aromatic N) is 1. The van der Waals surface area contributed by atoms with E-state index in [0.29, 0.717) is 16.3 Å². The molecular formula is C15H13ClN4O3S. The Morgan fingerprint density at radius 1 is 1.12 bits per heavy atom. The molecule has 0 atom stereocenters. The first-order chi connectivity index (χ1) is 11.5. The highest BCUT2D eigenvalue weighted by Gasteiger charge is 2.08. The van der Waals surface area contributed by atoms with Crippen molar-refractivity contribution in [3.05, 3.63) is 69.2 Å². The van der Waals surface area contributed by atoms with E-state index >= 15 is 0 Å². The SMILES string of the molecule is O=C(Cc1ccccc1Cl)NNC(=S)Nc1ccc([N+](=O)[O-])cc1. The van der Waals surface area contributed by atoms with Gasteiger partial charge in [0.25, 0.3) is 5.69 Å². The van der Waals surface area contributed by atoms with E-state index in [1.807, 2.05) is 0 Å². The van der Waals surface area contributed by atoms with Crippen LogP contribution in [0.4, 0.5) is 11.4 Å². The Hall–Kier alpha value is -2.71. The molecule has 2 aromatic rings. The maximum atomic E-state index is 11.8. The number of halogens is 1. The van der Waals surface area contributed by atoms with E-state index in [2.05, 4.69) is 16.2 Å². The number of amides is 1. The summed E-state index contributed by atoms with van der Waals surface area (Å²) in [6, 6.07) is 12.8. The van der Waals surface area contributed by atoms with Gasteiger partial charge < -0.3 is 5.32 Å². The van der Waals surface area contributed by atoms with E-state index in [1.54, 1.807) is 24.3 Å². The van der Waals surface area contributed by atoms with Gasteiger partial charge in [-0.15, -0.1) is 0 Å². The number of benzene rings is 2. The first-order valence-electron chi connectivity index (χ1n) is 6.79. The lowest BCUT2D eigenvalue weighted by Gasteiger charge is -2.12. The van der Waals surface area contributed by atoms with Crippen molar-refractivity contribution in [1.29, 1.82) is 0 Å². The minimum Gasteiger partial charge on any atom is -0.331 e. The molecule has 2 aromatic carbocycles. The number of carbonyl (C=O) groups excluding carboxylic acids is 1. The summed E-state index contributed by atoms with van der Waals surface area (Å²) < 4.78 is 0. The Kier molecular flexibility index (Phi) is 6.05. The minimum atomic E-state index is -0.491. The number of rotatable bonds is 4. The standard InChI is InChI=1S/C15H13ClN4O3S/c16-13-4-2-1-3-10(13)9-14(21)18-19-15(24)17-11-5-7-12(8-6-11)20(22)23/h1-8H,9H2,(H,18,21)(H2,17,19,24). The maximum absolute atomic E-state index is 11.8. The molecule has 0 aliphatic carbocycles. The van der Waals surface area contributed by atoms with Gasteiger partial charge in [0.1, 0.15) is 0 Å². The van der Waals surface area contributed by atoms with Gasteiger partial charge in [0, 0.05) is 22.8 Å². The molecular weight excluding hydrogens is 352 g/mol. The van der Waals surface area contributed by atoms with Crippen LogP contribution in [0.25, 0.3) is 0 Å². The number of nitrogens with one attached hydrogen (secondary N) is 3. The lowest BCUT2D eigenvalue weighted by atomic mass is 10.1. The molecule has 0 radical (unpaired) electrons. The fourth-order valence-corrected chi connectivity index (χ4v) is 2.19. The lowest BCUT2D eigenvalue weighted by molar-refractivity contribution is -0.384. The largest absolute Gasteiger partial charge is 0.331 e. The van der Waals surface area contributed by atoms with Crippen molar-refractivity contribution < 1.29 is 9.72 Å². The first kappa shape index (κ1) is 17.6. The van der Waals surface area contributed by atoms with Crippen molar-refractivity contribution in [2.24, 2.45) is 0 Å². The second kappa shape index (κ2) is 8.23. The molecule has 0 aliphatic heterocycles.